The molecule has 152 valence electrons. The number of benzene rings is 1. The third-order valence-electron chi connectivity index (χ3n) is 4.71. The Hall–Kier alpha value is -2.56. The van der Waals surface area contributed by atoms with Gasteiger partial charge in [-0.25, -0.2) is 8.42 Å². The number of hydrogen-bond acceptors (Lipinski definition) is 8. The Labute approximate surface area is 172 Å². The first-order chi connectivity index (χ1) is 14.0. The number of carbonyl (C=O) groups excluding carboxylic acids is 1. The quantitative estimate of drug-likeness (QED) is 0.551. The topological polar surface area (TPSA) is 103 Å². The van der Waals surface area contributed by atoms with Crippen molar-refractivity contribution in [1.29, 1.82) is 0 Å². The summed E-state index contributed by atoms with van der Waals surface area (Å²) < 4.78 is 37.2. The van der Waals surface area contributed by atoms with Crippen LogP contribution in [0.4, 0.5) is 0 Å². The van der Waals surface area contributed by atoms with Gasteiger partial charge in [-0.2, -0.15) is 9.29 Å². The van der Waals surface area contributed by atoms with Crippen LogP contribution in [0.15, 0.2) is 57.3 Å². The van der Waals surface area contributed by atoms with Crippen molar-refractivity contribution in [3.8, 4) is 10.8 Å². The lowest BCUT2D eigenvalue weighted by Crippen LogP contribution is -2.40. The second kappa shape index (κ2) is 8.44. The number of piperidine rings is 1. The van der Waals surface area contributed by atoms with E-state index in [9.17, 15) is 13.2 Å². The van der Waals surface area contributed by atoms with E-state index in [0.29, 0.717) is 24.6 Å². The highest BCUT2D eigenvalue weighted by molar-refractivity contribution is 7.89. The molecule has 0 amide bonds. The Morgan fingerprint density at radius 1 is 1.17 bits per heavy atom. The van der Waals surface area contributed by atoms with Gasteiger partial charge in [-0.1, -0.05) is 29.4 Å². The van der Waals surface area contributed by atoms with Gasteiger partial charge in [0, 0.05) is 13.1 Å². The summed E-state index contributed by atoms with van der Waals surface area (Å²) in [5.41, 5.74) is 0. The van der Waals surface area contributed by atoms with Gasteiger partial charge in [0.25, 0.3) is 5.89 Å². The normalized spacial score (nSPS) is 16.0. The van der Waals surface area contributed by atoms with Crippen LogP contribution in [0.5, 0.6) is 0 Å². The molecular weight excluding hydrogens is 414 g/mol. The van der Waals surface area contributed by atoms with Crippen molar-refractivity contribution in [1.82, 2.24) is 14.4 Å². The van der Waals surface area contributed by atoms with Crippen LogP contribution in [0.1, 0.15) is 18.7 Å². The minimum atomic E-state index is -3.54. The van der Waals surface area contributed by atoms with E-state index in [0.717, 1.165) is 4.88 Å². The van der Waals surface area contributed by atoms with Crippen molar-refractivity contribution >= 4 is 27.3 Å². The van der Waals surface area contributed by atoms with E-state index in [1.54, 1.807) is 30.3 Å². The summed E-state index contributed by atoms with van der Waals surface area (Å²) >= 11 is 1.48. The summed E-state index contributed by atoms with van der Waals surface area (Å²) in [7, 11) is -3.54. The predicted octanol–water partition coefficient (Wildman–Crippen LogP) is 2.94. The van der Waals surface area contributed by atoms with Gasteiger partial charge in [0.05, 0.1) is 15.7 Å². The average molecular weight is 434 g/mol. The molecule has 0 atom stereocenters. The minimum absolute atomic E-state index is 0.0732. The number of nitrogens with zero attached hydrogens (tertiary/aromatic N) is 3. The fourth-order valence-electron chi connectivity index (χ4n) is 3.14. The molecule has 3 heterocycles. The minimum Gasteiger partial charge on any atom is -0.457 e. The zero-order chi connectivity index (χ0) is 20.3. The Morgan fingerprint density at radius 2 is 1.93 bits per heavy atom. The number of sulfonamides is 1. The number of esters is 1. The first-order valence-electron chi connectivity index (χ1n) is 9.12. The van der Waals surface area contributed by atoms with Gasteiger partial charge in [0.1, 0.15) is 0 Å². The fourth-order valence-corrected chi connectivity index (χ4v) is 5.28. The number of carbonyl (C=O) groups is 1. The van der Waals surface area contributed by atoms with Crippen molar-refractivity contribution in [3.63, 3.8) is 0 Å². The molecule has 1 fully saturated rings. The molecule has 0 aliphatic carbocycles. The van der Waals surface area contributed by atoms with E-state index in [-0.39, 0.29) is 36.5 Å². The Morgan fingerprint density at radius 3 is 2.62 bits per heavy atom. The number of rotatable bonds is 6. The lowest BCUT2D eigenvalue weighted by atomic mass is 9.98. The summed E-state index contributed by atoms with van der Waals surface area (Å²) in [5, 5.41) is 5.73. The molecule has 8 nitrogen and oxygen atoms in total. The number of aromatic nitrogens is 2. The van der Waals surface area contributed by atoms with Gasteiger partial charge in [0.2, 0.25) is 15.8 Å². The van der Waals surface area contributed by atoms with Gasteiger partial charge < -0.3 is 9.26 Å². The maximum atomic E-state index is 12.7. The molecule has 2 aromatic heterocycles. The van der Waals surface area contributed by atoms with Crippen LogP contribution in [-0.2, 0) is 26.2 Å². The third kappa shape index (κ3) is 4.39. The molecule has 29 heavy (non-hydrogen) atoms. The van der Waals surface area contributed by atoms with Gasteiger partial charge in [-0.3, -0.25) is 4.79 Å². The van der Waals surface area contributed by atoms with Crippen LogP contribution in [-0.4, -0.2) is 41.9 Å². The molecule has 3 aromatic rings. The molecule has 0 bridgehead atoms. The maximum absolute atomic E-state index is 12.7. The van der Waals surface area contributed by atoms with E-state index >= 15 is 0 Å². The molecule has 10 heteroatoms. The molecule has 1 aliphatic rings. The highest BCUT2D eigenvalue weighted by Gasteiger charge is 2.32. The molecule has 0 N–H and O–H groups in total. The summed E-state index contributed by atoms with van der Waals surface area (Å²) in [6.45, 7) is 0.486. The van der Waals surface area contributed by atoms with Crippen molar-refractivity contribution in [2.24, 2.45) is 5.92 Å². The number of hydrogen-bond donors (Lipinski definition) is 0. The molecule has 1 aromatic carbocycles. The van der Waals surface area contributed by atoms with Crippen molar-refractivity contribution in [2.45, 2.75) is 24.3 Å². The lowest BCUT2D eigenvalue weighted by Gasteiger charge is -2.30. The van der Waals surface area contributed by atoms with Crippen molar-refractivity contribution in [3.05, 3.63) is 53.7 Å². The first-order valence-corrected chi connectivity index (χ1v) is 11.4. The molecule has 0 spiro atoms. The second-order valence-corrected chi connectivity index (χ2v) is 9.48. The van der Waals surface area contributed by atoms with E-state index < -0.39 is 10.0 Å². The summed E-state index contributed by atoms with van der Waals surface area (Å²) in [5.74, 6) is -0.0264. The summed E-state index contributed by atoms with van der Waals surface area (Å²) in [6, 6.07) is 12.1. The molecule has 0 saturated carbocycles. The largest absolute Gasteiger partial charge is 0.457 e. The number of thiophene rings is 1. The van der Waals surface area contributed by atoms with Crippen molar-refractivity contribution < 1.29 is 22.5 Å². The van der Waals surface area contributed by atoms with Crippen LogP contribution < -0.4 is 0 Å². The van der Waals surface area contributed by atoms with Crippen LogP contribution in [0, 0.1) is 5.92 Å². The van der Waals surface area contributed by atoms with Gasteiger partial charge in [-0.15, -0.1) is 11.3 Å². The maximum Gasteiger partial charge on any atom is 0.309 e. The van der Waals surface area contributed by atoms with E-state index in [1.165, 1.54) is 15.6 Å². The zero-order valence-electron chi connectivity index (χ0n) is 15.4. The molecule has 0 unspecified atom stereocenters. The third-order valence-corrected chi connectivity index (χ3v) is 7.48. The molecule has 0 radical (unpaired) electrons. The Kier molecular flexibility index (Phi) is 5.74. The molecule has 4 rings (SSSR count). The van der Waals surface area contributed by atoms with Gasteiger partial charge in [-0.05, 0) is 36.4 Å². The standard InChI is InChI=1S/C19H19N3O5S2/c23-19(26-13-17-20-18(27-21-17)16-7-4-12-28-16)14-8-10-22(11-9-14)29(24,25)15-5-2-1-3-6-15/h1-7,12,14H,8-11,13H2. The van der Waals surface area contributed by atoms with Crippen LogP contribution in [0.2, 0.25) is 0 Å². The van der Waals surface area contributed by atoms with Gasteiger partial charge >= 0.3 is 5.97 Å². The molecule has 1 aliphatic heterocycles. The average Bonchev–Trinajstić information content (AvgIpc) is 3.44. The summed E-state index contributed by atoms with van der Waals surface area (Å²) in [4.78, 5) is 17.7. The highest BCUT2D eigenvalue weighted by atomic mass is 32.2. The Bertz CT molecular complexity index is 1060. The highest BCUT2D eigenvalue weighted by Crippen LogP contribution is 2.25. The SMILES string of the molecule is O=C(OCc1noc(-c2cccs2)n1)C1CCN(S(=O)(=O)c2ccccc2)CC1. The summed E-state index contributed by atoms with van der Waals surface area (Å²) in [6.07, 6.45) is 0.829. The lowest BCUT2D eigenvalue weighted by molar-refractivity contribution is -0.151. The smallest absolute Gasteiger partial charge is 0.309 e. The number of ether oxygens (including phenoxy) is 1. The Balaban J connectivity index is 1.29. The predicted molar refractivity (Wildman–Crippen MR) is 105 cm³/mol. The second-order valence-electron chi connectivity index (χ2n) is 6.59. The van der Waals surface area contributed by atoms with E-state index in [2.05, 4.69) is 10.1 Å². The fraction of sp³-hybridized carbons (Fsp3) is 0.316. The van der Waals surface area contributed by atoms with Crippen molar-refractivity contribution in [2.75, 3.05) is 13.1 Å². The molecule has 1 saturated heterocycles. The van der Waals surface area contributed by atoms with E-state index in [4.69, 9.17) is 9.26 Å². The van der Waals surface area contributed by atoms with Crippen LogP contribution in [0.25, 0.3) is 10.8 Å². The zero-order valence-corrected chi connectivity index (χ0v) is 17.1. The van der Waals surface area contributed by atoms with Gasteiger partial charge in [0.15, 0.2) is 6.61 Å². The molecular formula is C19H19N3O5S2. The van der Waals surface area contributed by atoms with E-state index in [1.807, 2.05) is 17.5 Å². The van der Waals surface area contributed by atoms with Crippen LogP contribution >= 0.6 is 11.3 Å². The monoisotopic (exact) mass is 433 g/mol. The first kappa shape index (κ1) is 19.7. The van der Waals surface area contributed by atoms with Crippen LogP contribution in [0.3, 0.4) is 0 Å².